The van der Waals surface area contributed by atoms with E-state index in [9.17, 15) is 18.0 Å². The summed E-state index contributed by atoms with van der Waals surface area (Å²) in [6.07, 6.45) is 3.80. The van der Waals surface area contributed by atoms with Gasteiger partial charge in [0.15, 0.2) is 0 Å². The summed E-state index contributed by atoms with van der Waals surface area (Å²) in [7, 11) is 1.76. The zero-order chi connectivity index (χ0) is 19.5. The van der Waals surface area contributed by atoms with Crippen molar-refractivity contribution in [3.8, 4) is 0 Å². The normalized spacial score (nSPS) is 23.2. The van der Waals surface area contributed by atoms with Crippen LogP contribution in [0.15, 0.2) is 31.0 Å². The number of nitrogens with zero attached hydrogens (tertiary/aromatic N) is 4. The fourth-order valence-corrected chi connectivity index (χ4v) is 3.53. The molecule has 0 radical (unpaired) electrons. The molecule has 10 heteroatoms. The summed E-state index contributed by atoms with van der Waals surface area (Å²) in [6.45, 7) is -1.08. The second-order valence-electron chi connectivity index (χ2n) is 6.76. The molecule has 1 fully saturated rings. The van der Waals surface area contributed by atoms with Crippen LogP contribution in [0.25, 0.3) is 0 Å². The maximum atomic E-state index is 12.8. The van der Waals surface area contributed by atoms with Crippen LogP contribution in [0.5, 0.6) is 0 Å². The van der Waals surface area contributed by atoms with Crippen LogP contribution in [0, 0.1) is 0 Å². The highest BCUT2D eigenvalue weighted by atomic mass is 19.4. The van der Waals surface area contributed by atoms with E-state index in [0.717, 1.165) is 0 Å². The molecule has 2 aromatic rings. The van der Waals surface area contributed by atoms with Crippen LogP contribution in [0.4, 0.5) is 13.2 Å². The van der Waals surface area contributed by atoms with E-state index in [1.807, 2.05) is 0 Å². The van der Waals surface area contributed by atoms with Crippen LogP contribution in [0.1, 0.15) is 42.0 Å². The van der Waals surface area contributed by atoms with Crippen molar-refractivity contribution in [3.05, 3.63) is 42.5 Å². The quantitative estimate of drug-likeness (QED) is 0.826. The fraction of sp³-hybridized carbons (Fsp3) is 0.529. The van der Waals surface area contributed by atoms with Crippen molar-refractivity contribution in [1.29, 1.82) is 0 Å². The molecule has 0 unspecified atom stereocenters. The highest BCUT2D eigenvalue weighted by Gasteiger charge is 2.41. The Labute approximate surface area is 154 Å². The number of imidazole rings is 1. The Morgan fingerprint density at radius 1 is 1.30 bits per heavy atom. The highest BCUT2D eigenvalue weighted by Crippen LogP contribution is 2.37. The van der Waals surface area contributed by atoms with Crippen LogP contribution in [0.2, 0.25) is 0 Å². The minimum absolute atomic E-state index is 0.0798. The Hall–Kier alpha value is -2.49. The molecule has 27 heavy (non-hydrogen) atoms. The van der Waals surface area contributed by atoms with Crippen molar-refractivity contribution < 1.29 is 18.0 Å². The number of aromatic nitrogens is 4. The van der Waals surface area contributed by atoms with Gasteiger partial charge in [-0.3, -0.25) is 10.1 Å². The Morgan fingerprint density at radius 3 is 2.52 bits per heavy atom. The molecule has 2 N–H and O–H groups in total. The SMILES string of the molecule is Cn1cncc1C1(NCC(F)(F)F)CCC(NC(=O)c2ncccn2)CC1. The number of hydrogen-bond donors (Lipinski definition) is 2. The molecule has 0 atom stereocenters. The van der Waals surface area contributed by atoms with Gasteiger partial charge in [-0.2, -0.15) is 13.2 Å². The Kier molecular flexibility index (Phi) is 5.45. The van der Waals surface area contributed by atoms with Crippen LogP contribution >= 0.6 is 0 Å². The smallest absolute Gasteiger partial charge is 0.347 e. The third-order valence-electron chi connectivity index (χ3n) is 4.88. The molecule has 2 aromatic heterocycles. The number of halogens is 3. The van der Waals surface area contributed by atoms with Gasteiger partial charge < -0.3 is 9.88 Å². The average molecular weight is 382 g/mol. The third-order valence-corrected chi connectivity index (χ3v) is 4.88. The Balaban J connectivity index is 1.68. The van der Waals surface area contributed by atoms with Gasteiger partial charge in [0.05, 0.1) is 30.3 Å². The lowest BCUT2D eigenvalue weighted by Gasteiger charge is -2.41. The van der Waals surface area contributed by atoms with E-state index in [2.05, 4.69) is 25.6 Å². The van der Waals surface area contributed by atoms with Crippen LogP contribution in [-0.4, -0.2) is 44.2 Å². The number of rotatable bonds is 5. The van der Waals surface area contributed by atoms with Crippen LogP contribution in [-0.2, 0) is 12.6 Å². The molecule has 0 aliphatic heterocycles. The molecule has 0 spiro atoms. The van der Waals surface area contributed by atoms with E-state index in [4.69, 9.17) is 0 Å². The first-order chi connectivity index (χ1) is 12.8. The van der Waals surface area contributed by atoms with E-state index < -0.39 is 18.3 Å². The number of alkyl halides is 3. The molecule has 0 aromatic carbocycles. The number of nitrogens with one attached hydrogen (secondary N) is 2. The first-order valence-electron chi connectivity index (χ1n) is 8.65. The van der Waals surface area contributed by atoms with E-state index in [1.165, 1.54) is 12.4 Å². The van der Waals surface area contributed by atoms with Gasteiger partial charge in [0.25, 0.3) is 5.91 Å². The topological polar surface area (TPSA) is 84.7 Å². The van der Waals surface area contributed by atoms with Crippen molar-refractivity contribution in [1.82, 2.24) is 30.2 Å². The number of amides is 1. The molecule has 1 amide bonds. The lowest BCUT2D eigenvalue weighted by Crippen LogP contribution is -2.52. The zero-order valence-corrected chi connectivity index (χ0v) is 14.8. The molecule has 1 aliphatic carbocycles. The average Bonchev–Trinajstić information content (AvgIpc) is 3.08. The van der Waals surface area contributed by atoms with Gasteiger partial charge in [0.1, 0.15) is 0 Å². The van der Waals surface area contributed by atoms with Crippen molar-refractivity contribution >= 4 is 5.91 Å². The van der Waals surface area contributed by atoms with Crippen LogP contribution in [0.3, 0.4) is 0 Å². The minimum atomic E-state index is -4.30. The van der Waals surface area contributed by atoms with E-state index in [0.29, 0.717) is 31.4 Å². The molecule has 1 saturated carbocycles. The standard InChI is InChI=1S/C17H21F3N6O/c1-26-11-21-9-13(26)16(24-10-17(18,19)20)5-3-12(4-6-16)25-15(27)14-22-7-2-8-23-14/h2,7-9,11-12,24H,3-6,10H2,1H3,(H,25,27). The van der Waals surface area contributed by atoms with Gasteiger partial charge in [-0.05, 0) is 31.7 Å². The van der Waals surface area contributed by atoms with Gasteiger partial charge in [0, 0.05) is 25.5 Å². The van der Waals surface area contributed by atoms with Gasteiger partial charge in [0.2, 0.25) is 5.82 Å². The molecule has 1 aliphatic rings. The predicted octanol–water partition coefficient (Wildman–Crippen LogP) is 1.93. The maximum Gasteiger partial charge on any atom is 0.401 e. The lowest BCUT2D eigenvalue weighted by atomic mass is 9.77. The molecule has 0 saturated heterocycles. The summed E-state index contributed by atoms with van der Waals surface area (Å²) < 4.78 is 40.1. The second-order valence-corrected chi connectivity index (χ2v) is 6.76. The third kappa shape index (κ3) is 4.62. The maximum absolute atomic E-state index is 12.8. The Morgan fingerprint density at radius 2 is 1.96 bits per heavy atom. The highest BCUT2D eigenvalue weighted by molar-refractivity contribution is 5.90. The molecule has 146 valence electrons. The van der Waals surface area contributed by atoms with Crippen molar-refractivity contribution in [2.75, 3.05) is 6.54 Å². The second kappa shape index (κ2) is 7.63. The fourth-order valence-electron chi connectivity index (χ4n) is 3.53. The summed E-state index contributed by atoms with van der Waals surface area (Å²) in [4.78, 5) is 24.1. The molecule has 0 bridgehead atoms. The van der Waals surface area contributed by atoms with Gasteiger partial charge >= 0.3 is 6.18 Å². The largest absolute Gasteiger partial charge is 0.401 e. The molecule has 2 heterocycles. The van der Waals surface area contributed by atoms with E-state index in [1.54, 1.807) is 30.2 Å². The summed E-state index contributed by atoms with van der Waals surface area (Å²) in [5.41, 5.74) is -0.117. The number of carbonyl (C=O) groups excluding carboxylic acids is 1. The molecule has 7 nitrogen and oxygen atoms in total. The lowest BCUT2D eigenvalue weighted by molar-refractivity contribution is -0.130. The van der Waals surface area contributed by atoms with Crippen molar-refractivity contribution in [2.24, 2.45) is 7.05 Å². The zero-order valence-electron chi connectivity index (χ0n) is 14.8. The molecule has 3 rings (SSSR count). The van der Waals surface area contributed by atoms with Gasteiger partial charge in [-0.25, -0.2) is 15.0 Å². The van der Waals surface area contributed by atoms with Crippen LogP contribution < -0.4 is 10.6 Å². The summed E-state index contributed by atoms with van der Waals surface area (Å²) in [5.74, 6) is -0.298. The predicted molar refractivity (Wildman–Crippen MR) is 90.7 cm³/mol. The Bertz CT molecular complexity index is 768. The minimum Gasteiger partial charge on any atom is -0.347 e. The number of hydrogen-bond acceptors (Lipinski definition) is 5. The summed E-state index contributed by atoms with van der Waals surface area (Å²) >= 11 is 0. The van der Waals surface area contributed by atoms with Gasteiger partial charge in [-0.15, -0.1) is 0 Å². The molecular formula is C17H21F3N6O. The van der Waals surface area contributed by atoms with E-state index in [-0.39, 0.29) is 17.8 Å². The first kappa shape index (κ1) is 19.3. The monoisotopic (exact) mass is 382 g/mol. The van der Waals surface area contributed by atoms with Crippen molar-refractivity contribution in [3.63, 3.8) is 0 Å². The first-order valence-corrected chi connectivity index (χ1v) is 8.65. The number of aryl methyl sites for hydroxylation is 1. The number of carbonyl (C=O) groups is 1. The molecular weight excluding hydrogens is 361 g/mol. The van der Waals surface area contributed by atoms with E-state index >= 15 is 0 Å². The summed E-state index contributed by atoms with van der Waals surface area (Å²) in [6, 6.07) is 1.47. The summed E-state index contributed by atoms with van der Waals surface area (Å²) in [5, 5.41) is 5.57. The van der Waals surface area contributed by atoms with Gasteiger partial charge in [-0.1, -0.05) is 0 Å². The van der Waals surface area contributed by atoms with Crippen molar-refractivity contribution in [2.45, 2.75) is 43.4 Å².